The number of amides is 1. The molecule has 0 saturated carbocycles. The van der Waals surface area contributed by atoms with Crippen LogP contribution >= 0.6 is 11.5 Å². The quantitative estimate of drug-likeness (QED) is 0.867. The topological polar surface area (TPSA) is 67.3 Å². The minimum absolute atomic E-state index is 0.0899. The van der Waals surface area contributed by atoms with Crippen LogP contribution in [0.2, 0.25) is 0 Å². The number of nitrogens with zero attached hydrogens (tertiary/aromatic N) is 2. The minimum Gasteiger partial charge on any atom is -0.267 e. The molecule has 1 aromatic heterocycles. The van der Waals surface area contributed by atoms with Gasteiger partial charge in [-0.05, 0) is 36.7 Å². The second-order valence-electron chi connectivity index (χ2n) is 3.92. The summed E-state index contributed by atoms with van der Waals surface area (Å²) in [6, 6.07) is 9.43. The van der Waals surface area contributed by atoms with E-state index in [4.69, 9.17) is 0 Å². The van der Waals surface area contributed by atoms with Gasteiger partial charge in [0, 0.05) is 7.05 Å². The highest BCUT2D eigenvalue weighted by molar-refractivity contribution is 7.89. The number of carbonyl (C=O) groups is 1. The zero-order valence-corrected chi connectivity index (χ0v) is 12.0. The number of hydrogen-bond acceptors (Lipinski definition) is 5. The predicted molar refractivity (Wildman–Crippen MR) is 72.6 cm³/mol. The lowest BCUT2D eigenvalue weighted by molar-refractivity contribution is 0.0887. The average molecular weight is 296 g/mol. The van der Waals surface area contributed by atoms with Gasteiger partial charge in [0.05, 0.1) is 10.6 Å². The van der Waals surface area contributed by atoms with Gasteiger partial charge in [-0.3, -0.25) is 4.79 Å². The lowest BCUT2D eigenvalue weighted by atomic mass is 10.4. The number of aromatic nitrogens is 1. The Bertz CT molecular complexity index is 693. The van der Waals surface area contributed by atoms with E-state index >= 15 is 0 Å². The summed E-state index contributed by atoms with van der Waals surface area (Å²) in [6.45, 7) is 1.75. The van der Waals surface area contributed by atoms with Crippen LogP contribution in [0.5, 0.6) is 0 Å². The highest BCUT2D eigenvalue weighted by Crippen LogP contribution is 2.18. The Kier molecular flexibility index (Phi) is 3.68. The van der Waals surface area contributed by atoms with Gasteiger partial charge in [-0.15, -0.1) is 0 Å². The van der Waals surface area contributed by atoms with Crippen molar-refractivity contribution in [3.05, 3.63) is 47.0 Å². The SMILES string of the molecule is Cc1cc(C(=O)N(C)S(=O)(=O)c2ccccc2)sn1. The summed E-state index contributed by atoms with van der Waals surface area (Å²) in [5, 5.41) is 0. The monoisotopic (exact) mass is 296 g/mol. The van der Waals surface area contributed by atoms with Crippen LogP contribution in [0.15, 0.2) is 41.3 Å². The number of aryl methyl sites for hydroxylation is 1. The fourth-order valence-electron chi connectivity index (χ4n) is 1.48. The first-order chi connectivity index (χ1) is 8.93. The molecule has 0 atom stereocenters. The van der Waals surface area contributed by atoms with Gasteiger partial charge in [0.25, 0.3) is 15.9 Å². The third-order valence-corrected chi connectivity index (χ3v) is 5.15. The van der Waals surface area contributed by atoms with Gasteiger partial charge < -0.3 is 0 Å². The minimum atomic E-state index is -3.81. The highest BCUT2D eigenvalue weighted by atomic mass is 32.2. The Hall–Kier alpha value is -1.73. The van der Waals surface area contributed by atoms with Gasteiger partial charge in [0.2, 0.25) is 0 Å². The molecule has 0 radical (unpaired) electrons. The predicted octanol–water partition coefficient (Wildman–Crippen LogP) is 1.91. The molecule has 0 fully saturated rings. The summed E-state index contributed by atoms with van der Waals surface area (Å²) < 4.78 is 29.2. The Morgan fingerprint density at radius 2 is 1.89 bits per heavy atom. The van der Waals surface area contributed by atoms with E-state index in [0.29, 0.717) is 10.6 Å². The Balaban J connectivity index is 2.34. The Morgan fingerprint density at radius 1 is 1.26 bits per heavy atom. The van der Waals surface area contributed by atoms with Crippen molar-refractivity contribution in [1.82, 2.24) is 8.68 Å². The van der Waals surface area contributed by atoms with Crippen LogP contribution in [-0.2, 0) is 10.0 Å². The van der Waals surface area contributed by atoms with E-state index < -0.39 is 15.9 Å². The van der Waals surface area contributed by atoms with Crippen molar-refractivity contribution in [3.63, 3.8) is 0 Å². The van der Waals surface area contributed by atoms with Crippen LogP contribution < -0.4 is 0 Å². The van der Waals surface area contributed by atoms with Crippen LogP contribution in [0, 0.1) is 6.92 Å². The molecule has 0 unspecified atom stereocenters. The molecule has 2 rings (SSSR count). The summed E-state index contributed by atoms with van der Waals surface area (Å²) in [6.07, 6.45) is 0. The lowest BCUT2D eigenvalue weighted by Gasteiger charge is -2.16. The summed E-state index contributed by atoms with van der Waals surface area (Å²) in [5.74, 6) is -0.575. The first-order valence-corrected chi connectivity index (χ1v) is 7.66. The van der Waals surface area contributed by atoms with E-state index in [1.54, 1.807) is 31.2 Å². The fraction of sp³-hybridized carbons (Fsp3) is 0.167. The smallest absolute Gasteiger partial charge is 0.267 e. The molecule has 1 aromatic carbocycles. The molecular formula is C12H12N2O3S2. The van der Waals surface area contributed by atoms with Crippen molar-refractivity contribution in [2.24, 2.45) is 0 Å². The summed E-state index contributed by atoms with van der Waals surface area (Å²) in [5.41, 5.74) is 0.693. The van der Waals surface area contributed by atoms with E-state index in [-0.39, 0.29) is 4.90 Å². The second-order valence-corrected chi connectivity index (χ2v) is 6.70. The van der Waals surface area contributed by atoms with Crippen molar-refractivity contribution in [2.45, 2.75) is 11.8 Å². The van der Waals surface area contributed by atoms with Crippen molar-refractivity contribution in [1.29, 1.82) is 0 Å². The van der Waals surface area contributed by atoms with Crippen LogP contribution in [0.3, 0.4) is 0 Å². The molecule has 1 heterocycles. The molecule has 0 N–H and O–H groups in total. The Labute approximate surface area is 115 Å². The van der Waals surface area contributed by atoms with Crippen molar-refractivity contribution in [3.8, 4) is 0 Å². The Morgan fingerprint density at radius 3 is 2.42 bits per heavy atom. The van der Waals surface area contributed by atoms with Crippen LogP contribution in [0.25, 0.3) is 0 Å². The molecule has 0 aliphatic rings. The first-order valence-electron chi connectivity index (χ1n) is 5.44. The van der Waals surface area contributed by atoms with E-state index in [2.05, 4.69) is 4.37 Å². The van der Waals surface area contributed by atoms with Crippen molar-refractivity contribution >= 4 is 27.5 Å². The summed E-state index contributed by atoms with van der Waals surface area (Å²) >= 11 is 0.992. The van der Waals surface area contributed by atoms with Crippen molar-refractivity contribution in [2.75, 3.05) is 7.05 Å². The van der Waals surface area contributed by atoms with Crippen LogP contribution in [0.4, 0.5) is 0 Å². The van der Waals surface area contributed by atoms with Gasteiger partial charge in [-0.1, -0.05) is 18.2 Å². The van der Waals surface area contributed by atoms with E-state index in [0.717, 1.165) is 15.8 Å². The summed E-state index contributed by atoms with van der Waals surface area (Å²) in [4.78, 5) is 12.5. The first kappa shape index (κ1) is 13.7. The van der Waals surface area contributed by atoms with E-state index in [1.165, 1.54) is 19.2 Å². The maximum atomic E-state index is 12.2. The molecule has 0 aliphatic heterocycles. The molecule has 19 heavy (non-hydrogen) atoms. The van der Waals surface area contributed by atoms with Gasteiger partial charge >= 0.3 is 0 Å². The normalized spacial score (nSPS) is 11.3. The number of hydrogen-bond donors (Lipinski definition) is 0. The third-order valence-electron chi connectivity index (χ3n) is 2.53. The molecule has 100 valence electrons. The molecule has 0 aliphatic carbocycles. The van der Waals surface area contributed by atoms with E-state index in [9.17, 15) is 13.2 Å². The number of rotatable bonds is 3. The fourth-order valence-corrected chi connectivity index (χ4v) is 3.40. The second kappa shape index (κ2) is 5.10. The van der Waals surface area contributed by atoms with Gasteiger partial charge in [0.15, 0.2) is 0 Å². The molecular weight excluding hydrogens is 284 g/mol. The molecule has 0 saturated heterocycles. The van der Waals surface area contributed by atoms with Gasteiger partial charge in [0.1, 0.15) is 4.88 Å². The zero-order valence-electron chi connectivity index (χ0n) is 10.4. The highest BCUT2D eigenvalue weighted by Gasteiger charge is 2.27. The van der Waals surface area contributed by atoms with Crippen LogP contribution in [0.1, 0.15) is 15.4 Å². The zero-order chi connectivity index (χ0) is 14.0. The van der Waals surface area contributed by atoms with Crippen LogP contribution in [-0.4, -0.2) is 30.1 Å². The number of carbonyl (C=O) groups excluding carboxylic acids is 1. The lowest BCUT2D eigenvalue weighted by Crippen LogP contribution is -2.32. The number of sulfonamides is 1. The maximum absolute atomic E-state index is 12.2. The molecule has 7 heteroatoms. The third kappa shape index (κ3) is 2.66. The molecule has 0 bridgehead atoms. The van der Waals surface area contributed by atoms with Gasteiger partial charge in [-0.25, -0.2) is 12.7 Å². The average Bonchev–Trinajstić information content (AvgIpc) is 2.84. The largest absolute Gasteiger partial charge is 0.279 e. The number of benzene rings is 1. The molecule has 1 amide bonds. The van der Waals surface area contributed by atoms with Crippen molar-refractivity contribution < 1.29 is 13.2 Å². The molecule has 0 spiro atoms. The summed E-state index contributed by atoms with van der Waals surface area (Å²) in [7, 11) is -2.56. The standard InChI is InChI=1S/C12H12N2O3S2/c1-9-8-11(18-13-9)12(15)14(2)19(16,17)10-6-4-3-5-7-10/h3-8H,1-2H3. The molecule has 5 nitrogen and oxygen atoms in total. The van der Waals surface area contributed by atoms with E-state index in [1.807, 2.05) is 0 Å². The van der Waals surface area contributed by atoms with Gasteiger partial charge in [-0.2, -0.15) is 4.37 Å². The molecule has 2 aromatic rings. The maximum Gasteiger partial charge on any atom is 0.279 e.